The standard InChI is InChI=1S/C12H12N4O2/c13-6-3-1-5(2-4-6)7-8(14)9(15)10(16)12-11(7)17-18-12/h1-4H,13-16H2. The molecule has 0 saturated heterocycles. The third-order valence-electron chi connectivity index (χ3n) is 2.94. The zero-order chi connectivity index (χ0) is 12.9. The maximum absolute atomic E-state index is 5.99. The second-order valence-electron chi connectivity index (χ2n) is 4.06. The lowest BCUT2D eigenvalue weighted by molar-refractivity contribution is 0.0602. The first-order valence-electron chi connectivity index (χ1n) is 5.30. The van der Waals surface area contributed by atoms with Crippen LogP contribution in [0.25, 0.3) is 22.3 Å². The van der Waals surface area contributed by atoms with Gasteiger partial charge in [0.2, 0.25) is 5.58 Å². The zero-order valence-corrected chi connectivity index (χ0v) is 9.44. The van der Waals surface area contributed by atoms with Crippen molar-refractivity contribution in [3.63, 3.8) is 0 Å². The van der Waals surface area contributed by atoms with E-state index in [9.17, 15) is 0 Å². The smallest absolute Gasteiger partial charge is 0.251 e. The van der Waals surface area contributed by atoms with Crippen molar-refractivity contribution in [1.82, 2.24) is 0 Å². The minimum atomic E-state index is 0.295. The fourth-order valence-electron chi connectivity index (χ4n) is 1.91. The highest BCUT2D eigenvalue weighted by molar-refractivity contribution is 6.09. The molecule has 18 heavy (non-hydrogen) atoms. The van der Waals surface area contributed by atoms with E-state index in [1.165, 1.54) is 0 Å². The molecule has 3 aromatic rings. The van der Waals surface area contributed by atoms with Crippen LogP contribution < -0.4 is 22.9 Å². The Kier molecular flexibility index (Phi) is 1.94. The summed E-state index contributed by atoms with van der Waals surface area (Å²) in [4.78, 5) is 0. The Bertz CT molecular complexity index is 725. The van der Waals surface area contributed by atoms with Crippen LogP contribution in [-0.4, -0.2) is 0 Å². The molecule has 6 nitrogen and oxygen atoms in total. The SMILES string of the molecule is Nc1ccc(-c2c(N)c(N)c(N)c3ooc23)cc1. The lowest BCUT2D eigenvalue weighted by Gasteiger charge is -2.14. The number of hydrogen-bond acceptors (Lipinski definition) is 6. The van der Waals surface area contributed by atoms with Crippen molar-refractivity contribution in [3.8, 4) is 11.1 Å². The molecule has 0 aliphatic carbocycles. The van der Waals surface area contributed by atoms with Crippen molar-refractivity contribution in [2.45, 2.75) is 0 Å². The fraction of sp³-hybridized carbons (Fsp3) is 0. The molecule has 0 unspecified atom stereocenters. The summed E-state index contributed by atoms with van der Waals surface area (Å²) in [6, 6.07) is 7.21. The van der Waals surface area contributed by atoms with Crippen LogP contribution in [0, 0.1) is 0 Å². The molecule has 1 aromatic heterocycles. The van der Waals surface area contributed by atoms with E-state index in [1.54, 1.807) is 12.1 Å². The fourth-order valence-corrected chi connectivity index (χ4v) is 1.91. The van der Waals surface area contributed by atoms with Crippen LogP contribution in [0.5, 0.6) is 0 Å². The Morgan fingerprint density at radius 2 is 1.28 bits per heavy atom. The second kappa shape index (κ2) is 3.36. The third-order valence-corrected chi connectivity index (χ3v) is 2.94. The molecule has 6 heteroatoms. The van der Waals surface area contributed by atoms with Gasteiger partial charge in [0, 0.05) is 5.69 Å². The van der Waals surface area contributed by atoms with Gasteiger partial charge in [0.1, 0.15) is 5.69 Å². The summed E-state index contributed by atoms with van der Waals surface area (Å²) in [5.41, 5.74) is 27.3. The van der Waals surface area contributed by atoms with E-state index in [4.69, 9.17) is 32.1 Å². The van der Waals surface area contributed by atoms with E-state index >= 15 is 0 Å². The highest BCUT2D eigenvalue weighted by Gasteiger charge is 2.22. The van der Waals surface area contributed by atoms with E-state index in [2.05, 4.69) is 0 Å². The summed E-state index contributed by atoms with van der Waals surface area (Å²) in [5, 5.41) is 0. The lowest BCUT2D eigenvalue weighted by Crippen LogP contribution is -2.04. The van der Waals surface area contributed by atoms with Gasteiger partial charge in [-0.3, -0.25) is 9.15 Å². The van der Waals surface area contributed by atoms with Crippen LogP contribution in [0.2, 0.25) is 0 Å². The molecule has 8 N–H and O–H groups in total. The molecule has 3 rings (SSSR count). The number of rotatable bonds is 1. The Morgan fingerprint density at radius 1 is 0.667 bits per heavy atom. The van der Waals surface area contributed by atoms with Crippen molar-refractivity contribution in [3.05, 3.63) is 24.3 Å². The third kappa shape index (κ3) is 1.22. The van der Waals surface area contributed by atoms with Crippen LogP contribution in [0.15, 0.2) is 33.4 Å². The van der Waals surface area contributed by atoms with E-state index in [-0.39, 0.29) is 0 Å². The summed E-state index contributed by atoms with van der Waals surface area (Å²) >= 11 is 0. The van der Waals surface area contributed by atoms with Gasteiger partial charge in [0.05, 0.1) is 16.9 Å². The largest absolute Gasteiger partial charge is 0.399 e. The van der Waals surface area contributed by atoms with Crippen molar-refractivity contribution in [2.24, 2.45) is 0 Å². The van der Waals surface area contributed by atoms with Gasteiger partial charge in [-0.1, -0.05) is 12.1 Å². The summed E-state index contributed by atoms with van der Waals surface area (Å²) < 4.78 is 9.81. The number of anilines is 4. The predicted molar refractivity (Wildman–Crippen MR) is 71.6 cm³/mol. The molecular weight excluding hydrogens is 232 g/mol. The van der Waals surface area contributed by atoms with Gasteiger partial charge in [-0.15, -0.1) is 0 Å². The molecule has 0 amide bonds. The number of hydrogen-bond donors (Lipinski definition) is 4. The molecule has 0 radical (unpaired) electrons. The molecule has 0 saturated carbocycles. The van der Waals surface area contributed by atoms with Gasteiger partial charge in [-0.2, -0.15) is 0 Å². The summed E-state index contributed by atoms with van der Waals surface area (Å²) in [6.07, 6.45) is 0. The number of benzene rings is 2. The molecule has 0 fully saturated rings. The van der Waals surface area contributed by atoms with Gasteiger partial charge in [-0.25, -0.2) is 0 Å². The van der Waals surface area contributed by atoms with Crippen molar-refractivity contribution in [1.29, 1.82) is 0 Å². The molecule has 92 valence electrons. The van der Waals surface area contributed by atoms with E-state index in [1.807, 2.05) is 12.1 Å². The van der Waals surface area contributed by atoms with E-state index in [0.29, 0.717) is 39.5 Å². The number of nitrogen functional groups attached to an aromatic ring is 4. The Labute approximate surface area is 102 Å². The molecule has 0 spiro atoms. The first kappa shape index (κ1) is 10.4. The van der Waals surface area contributed by atoms with Crippen LogP contribution in [0.1, 0.15) is 0 Å². The van der Waals surface area contributed by atoms with Gasteiger partial charge < -0.3 is 22.9 Å². The maximum atomic E-state index is 5.99. The highest BCUT2D eigenvalue weighted by atomic mass is 17.0. The van der Waals surface area contributed by atoms with Gasteiger partial charge in [0.25, 0.3) is 5.58 Å². The highest BCUT2D eigenvalue weighted by Crippen LogP contribution is 2.44. The quantitative estimate of drug-likeness (QED) is 0.382. The van der Waals surface area contributed by atoms with Gasteiger partial charge >= 0.3 is 0 Å². The Balaban J connectivity index is 2.33. The van der Waals surface area contributed by atoms with Crippen LogP contribution >= 0.6 is 0 Å². The monoisotopic (exact) mass is 244 g/mol. The van der Waals surface area contributed by atoms with Gasteiger partial charge in [0.15, 0.2) is 0 Å². The minimum absolute atomic E-state index is 0.295. The maximum Gasteiger partial charge on any atom is 0.251 e. The van der Waals surface area contributed by atoms with E-state index in [0.717, 1.165) is 5.56 Å². The van der Waals surface area contributed by atoms with E-state index < -0.39 is 0 Å². The molecule has 1 heterocycles. The molecule has 2 aromatic carbocycles. The first-order valence-corrected chi connectivity index (χ1v) is 5.30. The molecule has 0 bridgehead atoms. The van der Waals surface area contributed by atoms with Crippen molar-refractivity contribution in [2.75, 3.05) is 22.9 Å². The average Bonchev–Trinajstić information content (AvgIpc) is 2.32. The molecular formula is C12H12N4O2. The average molecular weight is 244 g/mol. The minimum Gasteiger partial charge on any atom is -0.399 e. The number of nitrogens with two attached hydrogens (primary N) is 4. The zero-order valence-electron chi connectivity index (χ0n) is 9.44. The molecule has 0 aliphatic heterocycles. The first-order chi connectivity index (χ1) is 8.59. The van der Waals surface area contributed by atoms with Crippen LogP contribution in [-0.2, 0) is 0 Å². The molecule has 0 atom stereocenters. The normalized spacial score (nSPS) is 11.1. The summed E-state index contributed by atoms with van der Waals surface area (Å²) in [6.45, 7) is 0. The predicted octanol–water partition coefficient (Wildman–Crippen LogP) is 2.02. The second-order valence-corrected chi connectivity index (χ2v) is 4.06. The lowest BCUT2D eigenvalue weighted by atomic mass is 10.00. The number of fused-ring (bicyclic) bond motifs is 1. The van der Waals surface area contributed by atoms with Crippen molar-refractivity contribution < 1.29 is 9.15 Å². The topological polar surface area (TPSA) is 130 Å². The Hall–Kier alpha value is -2.76. The van der Waals surface area contributed by atoms with Crippen LogP contribution in [0.4, 0.5) is 22.7 Å². The van der Waals surface area contributed by atoms with Crippen molar-refractivity contribution >= 4 is 33.9 Å². The van der Waals surface area contributed by atoms with Gasteiger partial charge in [-0.05, 0) is 17.7 Å². The summed E-state index contributed by atoms with van der Waals surface area (Å²) in [5.74, 6) is 0. The Morgan fingerprint density at radius 3 is 1.83 bits per heavy atom. The van der Waals surface area contributed by atoms with Crippen LogP contribution in [0.3, 0.4) is 0 Å². The summed E-state index contributed by atoms with van der Waals surface area (Å²) in [7, 11) is 0. The molecule has 0 aliphatic rings.